The van der Waals surface area contributed by atoms with Gasteiger partial charge in [0.15, 0.2) is 0 Å². The zero-order valence-corrected chi connectivity index (χ0v) is 9.23. The molecule has 1 rings (SSSR count). The van der Waals surface area contributed by atoms with E-state index in [1.807, 2.05) is 12.1 Å². The van der Waals surface area contributed by atoms with E-state index in [1.165, 1.54) is 4.90 Å². The van der Waals surface area contributed by atoms with E-state index in [0.29, 0.717) is 11.4 Å². The van der Waals surface area contributed by atoms with Crippen LogP contribution in [0, 0.1) is 0 Å². The minimum absolute atomic E-state index is 0.134. The predicted octanol–water partition coefficient (Wildman–Crippen LogP) is 2.25. The van der Waals surface area contributed by atoms with Gasteiger partial charge in [-0.25, -0.2) is 4.79 Å². The summed E-state index contributed by atoms with van der Waals surface area (Å²) in [5.74, 6) is 0. The van der Waals surface area contributed by atoms with Crippen molar-refractivity contribution < 1.29 is 9.53 Å². The molecule has 1 amide bonds. The molecule has 1 aromatic rings. The first-order valence-electron chi connectivity index (χ1n) is 4.81. The van der Waals surface area contributed by atoms with Gasteiger partial charge in [0.05, 0.1) is 17.5 Å². The minimum Gasteiger partial charge on any atom is -0.446 e. The molecule has 4 heteroatoms. The Morgan fingerprint density at radius 3 is 2.53 bits per heavy atom. The summed E-state index contributed by atoms with van der Waals surface area (Å²) in [6.45, 7) is 3.61. The second kappa shape index (κ2) is 4.68. The van der Waals surface area contributed by atoms with Crippen molar-refractivity contribution in [2.45, 2.75) is 20.0 Å². The van der Waals surface area contributed by atoms with Crippen LogP contribution < -0.4 is 10.6 Å². The predicted molar refractivity (Wildman–Crippen MR) is 60.9 cm³/mol. The molecule has 0 aromatic heterocycles. The first-order valence-corrected chi connectivity index (χ1v) is 4.81. The molecule has 0 aliphatic carbocycles. The quantitative estimate of drug-likeness (QED) is 0.758. The molecular formula is C11H16N2O2. The summed E-state index contributed by atoms with van der Waals surface area (Å²) in [4.78, 5) is 13.0. The molecule has 4 nitrogen and oxygen atoms in total. The maximum atomic E-state index is 11.6. The first kappa shape index (κ1) is 11.4. The van der Waals surface area contributed by atoms with Gasteiger partial charge < -0.3 is 10.5 Å². The zero-order chi connectivity index (χ0) is 11.4. The molecule has 0 saturated heterocycles. The lowest BCUT2D eigenvalue weighted by Gasteiger charge is -2.20. The molecule has 0 heterocycles. The summed E-state index contributed by atoms with van der Waals surface area (Å²) in [6, 6.07) is 7.16. The fourth-order valence-corrected chi connectivity index (χ4v) is 1.17. The first-order chi connectivity index (χ1) is 7.02. The highest BCUT2D eigenvalue weighted by Gasteiger charge is 2.15. The summed E-state index contributed by atoms with van der Waals surface area (Å²) in [5.41, 5.74) is 6.95. The topological polar surface area (TPSA) is 55.6 Å². The number of amides is 1. The van der Waals surface area contributed by atoms with Crippen LogP contribution in [0.2, 0.25) is 0 Å². The van der Waals surface area contributed by atoms with E-state index in [0.717, 1.165) is 0 Å². The van der Waals surface area contributed by atoms with Crippen molar-refractivity contribution in [3.8, 4) is 0 Å². The van der Waals surface area contributed by atoms with Gasteiger partial charge in [-0.05, 0) is 26.0 Å². The summed E-state index contributed by atoms with van der Waals surface area (Å²) in [6.07, 6.45) is -0.534. The third kappa shape index (κ3) is 2.87. The maximum Gasteiger partial charge on any atom is 0.414 e. The zero-order valence-electron chi connectivity index (χ0n) is 9.23. The highest BCUT2D eigenvalue weighted by Crippen LogP contribution is 2.21. The molecule has 1 aromatic carbocycles. The van der Waals surface area contributed by atoms with E-state index in [2.05, 4.69) is 0 Å². The van der Waals surface area contributed by atoms with Crippen LogP contribution >= 0.6 is 0 Å². The second-order valence-electron chi connectivity index (χ2n) is 3.55. The van der Waals surface area contributed by atoms with Crippen molar-refractivity contribution in [3.63, 3.8) is 0 Å². The standard InChI is InChI=1S/C11H16N2O2/c1-8(2)15-11(14)13(3)10-7-5-4-6-9(10)12/h4-8H,12H2,1-3H3. The lowest BCUT2D eigenvalue weighted by atomic mass is 10.2. The summed E-state index contributed by atoms with van der Waals surface area (Å²) < 4.78 is 5.05. The normalized spacial score (nSPS) is 10.1. The van der Waals surface area contributed by atoms with Gasteiger partial charge in [-0.3, -0.25) is 4.90 Å². The molecule has 0 fully saturated rings. The fourth-order valence-electron chi connectivity index (χ4n) is 1.17. The molecule has 0 saturated carbocycles. The Bertz CT molecular complexity index is 350. The van der Waals surface area contributed by atoms with Gasteiger partial charge in [0, 0.05) is 7.05 Å². The van der Waals surface area contributed by atoms with Crippen LogP contribution in [0.4, 0.5) is 16.2 Å². The third-order valence-corrected chi connectivity index (χ3v) is 1.91. The van der Waals surface area contributed by atoms with Gasteiger partial charge in [0.1, 0.15) is 0 Å². The van der Waals surface area contributed by atoms with Gasteiger partial charge in [-0.15, -0.1) is 0 Å². The molecule has 0 radical (unpaired) electrons. The summed E-state index contributed by atoms with van der Waals surface area (Å²) in [7, 11) is 1.64. The second-order valence-corrected chi connectivity index (χ2v) is 3.55. The van der Waals surface area contributed by atoms with Gasteiger partial charge in [0.2, 0.25) is 0 Å². The number of rotatable bonds is 2. The smallest absolute Gasteiger partial charge is 0.414 e. The van der Waals surface area contributed by atoms with Crippen molar-refractivity contribution >= 4 is 17.5 Å². The average Bonchev–Trinajstić information content (AvgIpc) is 2.16. The van der Waals surface area contributed by atoms with Crippen LogP contribution in [0.25, 0.3) is 0 Å². The third-order valence-electron chi connectivity index (χ3n) is 1.91. The molecule has 0 bridgehead atoms. The largest absolute Gasteiger partial charge is 0.446 e. The number of nitrogen functional groups attached to an aromatic ring is 1. The Kier molecular flexibility index (Phi) is 3.55. The molecule has 0 spiro atoms. The number of carbonyl (C=O) groups excluding carboxylic acids is 1. The van der Waals surface area contributed by atoms with Crippen LogP contribution in [-0.2, 0) is 4.74 Å². The van der Waals surface area contributed by atoms with Crippen LogP contribution in [0.3, 0.4) is 0 Å². The average molecular weight is 208 g/mol. The Morgan fingerprint density at radius 1 is 1.40 bits per heavy atom. The number of hydrogen-bond acceptors (Lipinski definition) is 3. The maximum absolute atomic E-state index is 11.6. The molecule has 82 valence electrons. The Morgan fingerprint density at radius 2 is 2.00 bits per heavy atom. The highest BCUT2D eigenvalue weighted by atomic mass is 16.6. The highest BCUT2D eigenvalue weighted by molar-refractivity contribution is 5.90. The number of hydrogen-bond donors (Lipinski definition) is 1. The molecule has 0 atom stereocenters. The monoisotopic (exact) mass is 208 g/mol. The van der Waals surface area contributed by atoms with Crippen LogP contribution in [0.1, 0.15) is 13.8 Å². The van der Waals surface area contributed by atoms with Crippen LogP contribution in [-0.4, -0.2) is 19.2 Å². The molecule has 0 aliphatic heterocycles. The minimum atomic E-state index is -0.400. The van der Waals surface area contributed by atoms with Crippen LogP contribution in [0.5, 0.6) is 0 Å². The number of nitrogens with zero attached hydrogens (tertiary/aromatic N) is 1. The molecule has 0 unspecified atom stereocenters. The number of nitrogens with two attached hydrogens (primary N) is 1. The molecule has 2 N–H and O–H groups in total. The van der Waals surface area contributed by atoms with Crippen molar-refractivity contribution in [1.82, 2.24) is 0 Å². The molecule has 0 aliphatic rings. The van der Waals surface area contributed by atoms with Gasteiger partial charge in [0.25, 0.3) is 0 Å². The Balaban J connectivity index is 2.81. The van der Waals surface area contributed by atoms with E-state index in [1.54, 1.807) is 33.0 Å². The summed E-state index contributed by atoms with van der Waals surface area (Å²) in [5, 5.41) is 0. The number of para-hydroxylation sites is 2. The Hall–Kier alpha value is -1.71. The summed E-state index contributed by atoms with van der Waals surface area (Å²) >= 11 is 0. The number of carbonyl (C=O) groups is 1. The number of ether oxygens (including phenoxy) is 1. The van der Waals surface area contributed by atoms with E-state index < -0.39 is 6.09 Å². The van der Waals surface area contributed by atoms with Crippen molar-refractivity contribution in [1.29, 1.82) is 0 Å². The van der Waals surface area contributed by atoms with E-state index in [4.69, 9.17) is 10.5 Å². The van der Waals surface area contributed by atoms with Gasteiger partial charge in [-0.2, -0.15) is 0 Å². The molecular weight excluding hydrogens is 192 g/mol. The fraction of sp³-hybridized carbons (Fsp3) is 0.364. The lowest BCUT2D eigenvalue weighted by molar-refractivity contribution is 0.124. The molecule has 15 heavy (non-hydrogen) atoms. The van der Waals surface area contributed by atoms with Crippen LogP contribution in [0.15, 0.2) is 24.3 Å². The van der Waals surface area contributed by atoms with Gasteiger partial charge in [-0.1, -0.05) is 12.1 Å². The lowest BCUT2D eigenvalue weighted by Crippen LogP contribution is -2.29. The van der Waals surface area contributed by atoms with Crippen molar-refractivity contribution in [2.24, 2.45) is 0 Å². The number of benzene rings is 1. The van der Waals surface area contributed by atoms with Crippen molar-refractivity contribution in [3.05, 3.63) is 24.3 Å². The van der Waals surface area contributed by atoms with E-state index in [9.17, 15) is 4.79 Å². The van der Waals surface area contributed by atoms with Crippen molar-refractivity contribution in [2.75, 3.05) is 17.7 Å². The van der Waals surface area contributed by atoms with E-state index in [-0.39, 0.29) is 6.10 Å². The SMILES string of the molecule is CC(C)OC(=O)N(C)c1ccccc1N. The van der Waals surface area contributed by atoms with Gasteiger partial charge >= 0.3 is 6.09 Å². The Labute approximate surface area is 89.6 Å². The van der Waals surface area contributed by atoms with E-state index >= 15 is 0 Å². The number of anilines is 2.